The molecule has 0 bridgehead atoms. The van der Waals surface area contributed by atoms with Crippen LogP contribution < -0.4 is 4.90 Å². The molecule has 1 aromatic carbocycles. The van der Waals surface area contributed by atoms with E-state index in [0.29, 0.717) is 12.3 Å². The number of anilines is 1. The van der Waals surface area contributed by atoms with Gasteiger partial charge in [0.25, 0.3) is 0 Å². The predicted molar refractivity (Wildman–Crippen MR) is 74.2 cm³/mol. The van der Waals surface area contributed by atoms with Crippen molar-refractivity contribution in [3.05, 3.63) is 60.8 Å². The maximum absolute atomic E-state index is 12.5. The summed E-state index contributed by atoms with van der Waals surface area (Å²) in [7, 11) is 0. The highest BCUT2D eigenvalue weighted by molar-refractivity contribution is 5.92. The predicted octanol–water partition coefficient (Wildman–Crippen LogP) is 1.50. The van der Waals surface area contributed by atoms with E-state index in [4.69, 9.17) is 4.42 Å². The van der Waals surface area contributed by atoms with Gasteiger partial charge in [-0.15, -0.1) is 5.10 Å². The van der Waals surface area contributed by atoms with Crippen LogP contribution >= 0.6 is 0 Å². The summed E-state index contributed by atoms with van der Waals surface area (Å²) in [6.45, 7) is 0.431. The molecule has 0 radical (unpaired) electrons. The second kappa shape index (κ2) is 6.00. The SMILES string of the molecule is O=C(Cn1cnnn1)N(Cc1ccco1)c1ccccc1. The van der Waals surface area contributed by atoms with Crippen molar-refractivity contribution in [1.82, 2.24) is 20.2 Å². The van der Waals surface area contributed by atoms with Crippen molar-refractivity contribution in [2.45, 2.75) is 13.1 Å². The van der Waals surface area contributed by atoms with Crippen LogP contribution in [0.3, 0.4) is 0 Å². The monoisotopic (exact) mass is 283 g/mol. The van der Waals surface area contributed by atoms with E-state index >= 15 is 0 Å². The van der Waals surface area contributed by atoms with Gasteiger partial charge in [-0.25, -0.2) is 4.68 Å². The van der Waals surface area contributed by atoms with E-state index in [-0.39, 0.29) is 12.5 Å². The van der Waals surface area contributed by atoms with Gasteiger partial charge in [0.15, 0.2) is 0 Å². The van der Waals surface area contributed by atoms with E-state index in [1.165, 1.54) is 11.0 Å². The lowest BCUT2D eigenvalue weighted by atomic mass is 10.2. The minimum atomic E-state index is -0.120. The Bertz CT molecular complexity index is 680. The first-order chi connectivity index (χ1) is 10.3. The molecule has 21 heavy (non-hydrogen) atoms. The lowest BCUT2D eigenvalue weighted by Crippen LogP contribution is -2.33. The summed E-state index contributed by atoms with van der Waals surface area (Å²) in [5, 5.41) is 10.8. The van der Waals surface area contributed by atoms with Crippen LogP contribution in [0.2, 0.25) is 0 Å². The van der Waals surface area contributed by atoms with Gasteiger partial charge in [0.2, 0.25) is 5.91 Å². The van der Waals surface area contributed by atoms with Crippen molar-refractivity contribution >= 4 is 11.6 Å². The van der Waals surface area contributed by atoms with E-state index in [9.17, 15) is 4.79 Å². The number of tetrazole rings is 1. The van der Waals surface area contributed by atoms with Gasteiger partial charge in [0, 0.05) is 5.69 Å². The van der Waals surface area contributed by atoms with Gasteiger partial charge in [0.1, 0.15) is 18.6 Å². The number of carbonyl (C=O) groups is 1. The fourth-order valence-corrected chi connectivity index (χ4v) is 1.97. The number of carbonyl (C=O) groups excluding carboxylic acids is 1. The second-order valence-corrected chi connectivity index (χ2v) is 4.40. The van der Waals surface area contributed by atoms with E-state index in [0.717, 1.165) is 5.69 Å². The maximum Gasteiger partial charge on any atom is 0.249 e. The molecule has 106 valence electrons. The normalized spacial score (nSPS) is 10.5. The van der Waals surface area contributed by atoms with Gasteiger partial charge in [-0.2, -0.15) is 0 Å². The molecule has 3 rings (SSSR count). The molecule has 7 nitrogen and oxygen atoms in total. The topological polar surface area (TPSA) is 77.1 Å². The lowest BCUT2D eigenvalue weighted by molar-refractivity contribution is -0.119. The minimum absolute atomic E-state index is 0.0720. The van der Waals surface area contributed by atoms with Crippen molar-refractivity contribution in [2.75, 3.05) is 4.90 Å². The smallest absolute Gasteiger partial charge is 0.249 e. The quantitative estimate of drug-likeness (QED) is 0.709. The number of amides is 1. The Hall–Kier alpha value is -2.96. The van der Waals surface area contributed by atoms with Crippen LogP contribution in [-0.2, 0) is 17.9 Å². The molecular formula is C14H13N5O2. The van der Waals surface area contributed by atoms with Crippen molar-refractivity contribution < 1.29 is 9.21 Å². The molecule has 0 saturated carbocycles. The zero-order valence-electron chi connectivity index (χ0n) is 11.2. The summed E-state index contributed by atoms with van der Waals surface area (Å²) in [5.74, 6) is 0.591. The van der Waals surface area contributed by atoms with Crippen LogP contribution in [0.5, 0.6) is 0 Å². The largest absolute Gasteiger partial charge is 0.467 e. The third-order valence-corrected chi connectivity index (χ3v) is 2.95. The Labute approximate surface area is 120 Å². The first-order valence-corrected chi connectivity index (χ1v) is 6.41. The van der Waals surface area contributed by atoms with Crippen LogP contribution in [0.25, 0.3) is 0 Å². The molecule has 1 amide bonds. The highest BCUT2D eigenvalue weighted by Gasteiger charge is 2.18. The standard InChI is InChI=1S/C14H13N5O2/c20-14(10-18-11-15-16-17-18)19(9-13-7-4-8-21-13)12-5-2-1-3-6-12/h1-8,11H,9-10H2. The highest BCUT2D eigenvalue weighted by Crippen LogP contribution is 2.17. The first kappa shape index (κ1) is 13.0. The highest BCUT2D eigenvalue weighted by atomic mass is 16.3. The molecule has 0 aliphatic heterocycles. The number of hydrogen-bond acceptors (Lipinski definition) is 5. The zero-order chi connectivity index (χ0) is 14.5. The fraction of sp³-hybridized carbons (Fsp3) is 0.143. The van der Waals surface area contributed by atoms with Crippen molar-refractivity contribution in [3.63, 3.8) is 0 Å². The molecule has 0 aliphatic rings. The average molecular weight is 283 g/mol. The summed E-state index contributed by atoms with van der Waals surface area (Å²) in [6, 6.07) is 13.1. The third-order valence-electron chi connectivity index (χ3n) is 2.95. The van der Waals surface area contributed by atoms with Gasteiger partial charge < -0.3 is 9.32 Å². The average Bonchev–Trinajstić information content (AvgIpc) is 3.19. The number of rotatable bonds is 5. The Balaban J connectivity index is 1.83. The Kier molecular flexibility index (Phi) is 3.72. The summed E-state index contributed by atoms with van der Waals surface area (Å²) < 4.78 is 6.72. The number of aromatic nitrogens is 4. The van der Waals surface area contributed by atoms with Gasteiger partial charge in [-0.05, 0) is 34.7 Å². The van der Waals surface area contributed by atoms with Crippen molar-refractivity contribution in [2.24, 2.45) is 0 Å². The number of nitrogens with zero attached hydrogens (tertiary/aromatic N) is 5. The molecule has 0 unspecified atom stereocenters. The van der Waals surface area contributed by atoms with E-state index in [2.05, 4.69) is 15.5 Å². The summed E-state index contributed by atoms with van der Waals surface area (Å²) in [4.78, 5) is 14.1. The minimum Gasteiger partial charge on any atom is -0.467 e. The van der Waals surface area contributed by atoms with Crippen molar-refractivity contribution in [3.8, 4) is 0 Å². The first-order valence-electron chi connectivity index (χ1n) is 6.41. The maximum atomic E-state index is 12.5. The Morgan fingerprint density at radius 1 is 1.19 bits per heavy atom. The molecule has 0 saturated heterocycles. The van der Waals surface area contributed by atoms with Crippen LogP contribution in [0.4, 0.5) is 5.69 Å². The third kappa shape index (κ3) is 3.14. The van der Waals surface area contributed by atoms with E-state index in [1.54, 1.807) is 17.2 Å². The number of hydrogen-bond donors (Lipinski definition) is 0. The van der Waals surface area contributed by atoms with Crippen molar-refractivity contribution in [1.29, 1.82) is 0 Å². The van der Waals surface area contributed by atoms with E-state index in [1.807, 2.05) is 36.4 Å². The molecule has 2 aromatic heterocycles. The Morgan fingerprint density at radius 2 is 2.05 bits per heavy atom. The molecule has 7 heteroatoms. The molecule has 0 N–H and O–H groups in total. The Morgan fingerprint density at radius 3 is 2.71 bits per heavy atom. The lowest BCUT2D eigenvalue weighted by Gasteiger charge is -2.21. The van der Waals surface area contributed by atoms with Crippen LogP contribution in [-0.4, -0.2) is 26.1 Å². The molecular weight excluding hydrogens is 270 g/mol. The summed E-state index contributed by atoms with van der Waals surface area (Å²) >= 11 is 0. The van der Waals surface area contributed by atoms with Gasteiger partial charge in [0.05, 0.1) is 12.8 Å². The molecule has 0 atom stereocenters. The van der Waals surface area contributed by atoms with Crippen LogP contribution in [0, 0.1) is 0 Å². The molecule has 0 fully saturated rings. The number of benzene rings is 1. The summed E-state index contributed by atoms with van der Waals surface area (Å²) in [6.07, 6.45) is 3.00. The van der Waals surface area contributed by atoms with Crippen LogP contribution in [0.1, 0.15) is 5.76 Å². The second-order valence-electron chi connectivity index (χ2n) is 4.40. The molecule has 2 heterocycles. The van der Waals surface area contributed by atoms with Gasteiger partial charge in [-0.1, -0.05) is 18.2 Å². The number of furan rings is 1. The molecule has 3 aromatic rings. The molecule has 0 spiro atoms. The zero-order valence-corrected chi connectivity index (χ0v) is 11.2. The van der Waals surface area contributed by atoms with Crippen LogP contribution in [0.15, 0.2) is 59.5 Å². The number of para-hydroxylation sites is 1. The van der Waals surface area contributed by atoms with Gasteiger partial charge >= 0.3 is 0 Å². The van der Waals surface area contributed by atoms with Gasteiger partial charge in [-0.3, -0.25) is 4.79 Å². The molecule has 0 aliphatic carbocycles. The fourth-order valence-electron chi connectivity index (χ4n) is 1.97. The van der Waals surface area contributed by atoms with E-state index < -0.39 is 0 Å². The summed E-state index contributed by atoms with van der Waals surface area (Å²) in [5.41, 5.74) is 0.798.